The molecule has 0 saturated heterocycles. The van der Waals surface area contributed by atoms with E-state index in [1.807, 2.05) is 43.3 Å². The van der Waals surface area contributed by atoms with E-state index in [2.05, 4.69) is 25.4 Å². The highest BCUT2D eigenvalue weighted by atomic mass is 16.5. The summed E-state index contributed by atoms with van der Waals surface area (Å²) in [6, 6.07) is 11.5. The molecule has 0 saturated carbocycles. The average Bonchev–Trinajstić information content (AvgIpc) is 3.06. The van der Waals surface area contributed by atoms with Crippen LogP contribution in [-0.2, 0) is 0 Å². The first-order chi connectivity index (χ1) is 12.3. The number of ether oxygens (including phenoxy) is 1. The molecule has 0 unspecified atom stereocenters. The van der Waals surface area contributed by atoms with Crippen molar-refractivity contribution in [2.45, 2.75) is 6.92 Å². The lowest BCUT2D eigenvalue weighted by atomic mass is 10.2. The molecule has 0 fully saturated rings. The Kier molecular flexibility index (Phi) is 3.96. The van der Waals surface area contributed by atoms with Crippen molar-refractivity contribution in [1.29, 1.82) is 0 Å². The van der Waals surface area contributed by atoms with Gasteiger partial charge in [0.1, 0.15) is 11.4 Å². The standard InChI is InChI=1S/C18H16N6O/c1-2-25-15-7-5-14(6-8-15)21-18-22-17-16(13-4-3-9-19-12-13)20-10-11-24(17)23-18/h3-12H,2H2,1H3,(H,21,23). The van der Waals surface area contributed by atoms with E-state index in [1.54, 1.807) is 29.3 Å². The van der Waals surface area contributed by atoms with Crippen molar-refractivity contribution in [3.05, 3.63) is 61.2 Å². The number of aromatic nitrogens is 5. The molecule has 25 heavy (non-hydrogen) atoms. The third-order valence-corrected chi connectivity index (χ3v) is 3.61. The number of fused-ring (bicyclic) bond motifs is 1. The van der Waals surface area contributed by atoms with Gasteiger partial charge in [-0.3, -0.25) is 9.97 Å². The minimum atomic E-state index is 0.502. The Labute approximate surface area is 144 Å². The second-order valence-electron chi connectivity index (χ2n) is 5.30. The lowest BCUT2D eigenvalue weighted by Gasteiger charge is -2.04. The van der Waals surface area contributed by atoms with Crippen LogP contribution in [0.25, 0.3) is 16.9 Å². The SMILES string of the molecule is CCOc1ccc(Nc2nc3c(-c4cccnc4)nccn3n2)cc1. The number of rotatable bonds is 5. The quantitative estimate of drug-likeness (QED) is 0.604. The van der Waals surface area contributed by atoms with Gasteiger partial charge in [0.2, 0.25) is 5.95 Å². The van der Waals surface area contributed by atoms with Crippen LogP contribution in [0.5, 0.6) is 5.75 Å². The second-order valence-corrected chi connectivity index (χ2v) is 5.30. The van der Waals surface area contributed by atoms with E-state index in [-0.39, 0.29) is 0 Å². The molecule has 0 aliphatic carbocycles. The molecule has 3 aromatic heterocycles. The predicted molar refractivity (Wildman–Crippen MR) is 94.9 cm³/mol. The summed E-state index contributed by atoms with van der Waals surface area (Å²) in [7, 11) is 0. The van der Waals surface area contributed by atoms with Crippen LogP contribution in [0.1, 0.15) is 6.92 Å². The monoisotopic (exact) mass is 332 g/mol. The third-order valence-electron chi connectivity index (χ3n) is 3.61. The Morgan fingerprint density at radius 2 is 2.00 bits per heavy atom. The minimum Gasteiger partial charge on any atom is -0.494 e. The highest BCUT2D eigenvalue weighted by Crippen LogP contribution is 2.22. The highest BCUT2D eigenvalue weighted by Gasteiger charge is 2.11. The number of hydrogen-bond acceptors (Lipinski definition) is 6. The minimum absolute atomic E-state index is 0.502. The topological polar surface area (TPSA) is 77.2 Å². The first-order valence-corrected chi connectivity index (χ1v) is 7.95. The van der Waals surface area contributed by atoms with Gasteiger partial charge in [-0.15, -0.1) is 5.10 Å². The van der Waals surface area contributed by atoms with Gasteiger partial charge in [0, 0.05) is 36.0 Å². The van der Waals surface area contributed by atoms with Crippen molar-refractivity contribution in [2.24, 2.45) is 0 Å². The number of nitrogens with one attached hydrogen (secondary N) is 1. The first-order valence-electron chi connectivity index (χ1n) is 7.95. The molecule has 0 aliphatic rings. The van der Waals surface area contributed by atoms with Gasteiger partial charge >= 0.3 is 0 Å². The molecule has 0 bridgehead atoms. The molecule has 0 spiro atoms. The Bertz CT molecular complexity index is 982. The van der Waals surface area contributed by atoms with Crippen molar-refractivity contribution in [3.63, 3.8) is 0 Å². The summed E-state index contributed by atoms with van der Waals surface area (Å²) < 4.78 is 7.15. The highest BCUT2D eigenvalue weighted by molar-refractivity contribution is 5.73. The van der Waals surface area contributed by atoms with Crippen LogP contribution in [0.3, 0.4) is 0 Å². The molecule has 7 heteroatoms. The number of anilines is 2. The number of nitrogens with zero attached hydrogens (tertiary/aromatic N) is 5. The van der Waals surface area contributed by atoms with Gasteiger partial charge in [0.15, 0.2) is 5.65 Å². The molecule has 3 heterocycles. The van der Waals surface area contributed by atoms with Crippen LogP contribution in [-0.4, -0.2) is 31.2 Å². The predicted octanol–water partition coefficient (Wildman–Crippen LogP) is 3.33. The fourth-order valence-corrected chi connectivity index (χ4v) is 2.51. The smallest absolute Gasteiger partial charge is 0.247 e. The van der Waals surface area contributed by atoms with E-state index in [0.717, 1.165) is 22.7 Å². The molecular formula is C18H16N6O. The molecule has 1 aromatic carbocycles. The summed E-state index contributed by atoms with van der Waals surface area (Å²) in [5.74, 6) is 1.33. The molecule has 4 aromatic rings. The van der Waals surface area contributed by atoms with E-state index in [0.29, 0.717) is 18.2 Å². The average molecular weight is 332 g/mol. The zero-order chi connectivity index (χ0) is 17.1. The lowest BCUT2D eigenvalue weighted by molar-refractivity contribution is 0.340. The number of benzene rings is 1. The van der Waals surface area contributed by atoms with E-state index < -0.39 is 0 Å². The van der Waals surface area contributed by atoms with Crippen molar-refractivity contribution in [3.8, 4) is 17.0 Å². The summed E-state index contributed by atoms with van der Waals surface area (Å²) >= 11 is 0. The van der Waals surface area contributed by atoms with Crippen LogP contribution in [0.4, 0.5) is 11.6 Å². The van der Waals surface area contributed by atoms with Crippen molar-refractivity contribution in [2.75, 3.05) is 11.9 Å². The maximum absolute atomic E-state index is 5.45. The van der Waals surface area contributed by atoms with Gasteiger partial charge in [-0.1, -0.05) is 0 Å². The molecule has 124 valence electrons. The Morgan fingerprint density at radius 1 is 1.12 bits per heavy atom. The van der Waals surface area contributed by atoms with E-state index in [1.165, 1.54) is 0 Å². The van der Waals surface area contributed by atoms with E-state index in [4.69, 9.17) is 4.74 Å². The van der Waals surface area contributed by atoms with Gasteiger partial charge in [0.25, 0.3) is 0 Å². The Morgan fingerprint density at radius 3 is 2.76 bits per heavy atom. The molecular weight excluding hydrogens is 316 g/mol. The van der Waals surface area contributed by atoms with Gasteiger partial charge in [-0.2, -0.15) is 4.98 Å². The summed E-state index contributed by atoms with van der Waals surface area (Å²) in [4.78, 5) is 13.1. The summed E-state index contributed by atoms with van der Waals surface area (Å²) in [6.07, 6.45) is 6.96. The Balaban J connectivity index is 1.65. The van der Waals surface area contributed by atoms with Crippen LogP contribution in [0.2, 0.25) is 0 Å². The summed E-state index contributed by atoms with van der Waals surface area (Å²) in [6.45, 7) is 2.60. The van der Waals surface area contributed by atoms with Gasteiger partial charge in [-0.05, 0) is 43.3 Å². The van der Waals surface area contributed by atoms with Crippen molar-refractivity contribution in [1.82, 2.24) is 24.6 Å². The third kappa shape index (κ3) is 3.12. The summed E-state index contributed by atoms with van der Waals surface area (Å²) in [5.41, 5.74) is 3.19. The van der Waals surface area contributed by atoms with E-state index in [9.17, 15) is 0 Å². The molecule has 7 nitrogen and oxygen atoms in total. The Hall–Kier alpha value is -3.48. The number of hydrogen-bond donors (Lipinski definition) is 1. The number of pyridine rings is 1. The zero-order valence-electron chi connectivity index (χ0n) is 13.6. The fraction of sp³-hybridized carbons (Fsp3) is 0.111. The van der Waals surface area contributed by atoms with Crippen molar-refractivity contribution >= 4 is 17.3 Å². The summed E-state index contributed by atoms with van der Waals surface area (Å²) in [5, 5.41) is 7.66. The maximum Gasteiger partial charge on any atom is 0.247 e. The first kappa shape index (κ1) is 15.1. The molecule has 1 N–H and O–H groups in total. The molecule has 0 amide bonds. The molecule has 4 rings (SSSR count). The van der Waals surface area contributed by atoms with Crippen LogP contribution >= 0.6 is 0 Å². The van der Waals surface area contributed by atoms with Crippen LogP contribution in [0.15, 0.2) is 61.2 Å². The second kappa shape index (κ2) is 6.56. The van der Waals surface area contributed by atoms with Gasteiger partial charge in [-0.25, -0.2) is 4.52 Å². The molecule has 0 radical (unpaired) electrons. The van der Waals surface area contributed by atoms with Crippen LogP contribution < -0.4 is 10.1 Å². The zero-order valence-corrected chi connectivity index (χ0v) is 13.6. The van der Waals surface area contributed by atoms with Crippen LogP contribution in [0, 0.1) is 0 Å². The lowest BCUT2D eigenvalue weighted by Crippen LogP contribution is -1.94. The molecule has 0 atom stereocenters. The maximum atomic E-state index is 5.45. The van der Waals surface area contributed by atoms with E-state index >= 15 is 0 Å². The van der Waals surface area contributed by atoms with Gasteiger partial charge < -0.3 is 10.1 Å². The van der Waals surface area contributed by atoms with Crippen molar-refractivity contribution < 1.29 is 4.74 Å². The largest absolute Gasteiger partial charge is 0.494 e. The fourth-order valence-electron chi connectivity index (χ4n) is 2.51. The normalized spacial score (nSPS) is 10.8. The van der Waals surface area contributed by atoms with Gasteiger partial charge in [0.05, 0.1) is 6.61 Å². The molecule has 0 aliphatic heterocycles.